The highest BCUT2D eigenvalue weighted by Gasteiger charge is 2.30. The van der Waals surface area contributed by atoms with Crippen LogP contribution in [0.1, 0.15) is 21.5 Å². The third-order valence-corrected chi connectivity index (χ3v) is 3.16. The van der Waals surface area contributed by atoms with E-state index in [-0.39, 0.29) is 17.0 Å². The summed E-state index contributed by atoms with van der Waals surface area (Å²) in [4.78, 5) is 22.4. The molecule has 0 N–H and O–H groups in total. The Morgan fingerprint density at radius 2 is 1.89 bits per heavy atom. The van der Waals surface area contributed by atoms with Crippen molar-refractivity contribution in [2.45, 2.75) is 0 Å². The molecule has 0 saturated heterocycles. The van der Waals surface area contributed by atoms with Crippen molar-refractivity contribution < 1.29 is 9.72 Å². The highest BCUT2D eigenvalue weighted by molar-refractivity contribution is 6.22. The number of ketones is 1. The van der Waals surface area contributed by atoms with Gasteiger partial charge in [-0.3, -0.25) is 14.9 Å². The summed E-state index contributed by atoms with van der Waals surface area (Å²) in [6, 6.07) is 11.1. The number of rotatable bonds is 1. The van der Waals surface area contributed by atoms with Crippen LogP contribution in [-0.2, 0) is 0 Å². The van der Waals surface area contributed by atoms with E-state index in [2.05, 4.69) is 0 Å². The Morgan fingerprint density at radius 1 is 1.11 bits per heavy atom. The molecular formula is C14H6N2O3. The second-order valence-corrected chi connectivity index (χ2v) is 4.16. The third kappa shape index (κ3) is 1.44. The smallest absolute Gasteiger partial charge is 0.270 e. The number of nitro benzene ring substituents is 1. The second kappa shape index (κ2) is 3.75. The zero-order valence-electron chi connectivity index (χ0n) is 9.58. The molecule has 0 atom stereocenters. The first-order valence-electron chi connectivity index (χ1n) is 5.50. The topological polar surface area (TPSA) is 84.0 Å². The number of hydrogen-bond donors (Lipinski definition) is 0. The van der Waals surface area contributed by atoms with Crippen molar-refractivity contribution in [3.63, 3.8) is 0 Å². The fourth-order valence-corrected chi connectivity index (χ4v) is 2.32. The van der Waals surface area contributed by atoms with Crippen LogP contribution in [0, 0.1) is 21.4 Å². The summed E-state index contributed by atoms with van der Waals surface area (Å²) in [6.07, 6.45) is 0. The second-order valence-electron chi connectivity index (χ2n) is 4.16. The molecule has 0 heterocycles. The number of non-ortho nitro benzene ring substituents is 1. The van der Waals surface area contributed by atoms with Crippen LogP contribution in [0.2, 0.25) is 0 Å². The van der Waals surface area contributed by atoms with E-state index in [0.29, 0.717) is 22.3 Å². The molecule has 1 aliphatic carbocycles. The highest BCUT2D eigenvalue weighted by atomic mass is 16.6. The summed E-state index contributed by atoms with van der Waals surface area (Å²) >= 11 is 0. The van der Waals surface area contributed by atoms with Gasteiger partial charge in [0, 0.05) is 28.8 Å². The number of nitro groups is 1. The first-order valence-corrected chi connectivity index (χ1v) is 5.50. The number of carbonyl (C=O) groups is 1. The number of fused-ring (bicyclic) bond motifs is 3. The lowest BCUT2D eigenvalue weighted by Gasteiger charge is -2.01. The monoisotopic (exact) mass is 250 g/mol. The molecule has 0 aromatic heterocycles. The standard InChI is InChI=1S/C14H6N2O3/c15-7-8-2-1-3-11-13(8)10-5-4-9(16(18)19)6-12(10)14(11)17/h1-6H. The molecule has 0 aliphatic heterocycles. The number of benzene rings is 2. The van der Waals surface area contributed by atoms with Crippen LogP contribution in [0.3, 0.4) is 0 Å². The molecule has 0 spiro atoms. The van der Waals surface area contributed by atoms with E-state index in [0.717, 1.165) is 0 Å². The molecule has 19 heavy (non-hydrogen) atoms. The van der Waals surface area contributed by atoms with Gasteiger partial charge in [-0.2, -0.15) is 5.26 Å². The molecule has 0 bridgehead atoms. The number of carbonyl (C=O) groups excluding carboxylic acids is 1. The van der Waals surface area contributed by atoms with Crippen LogP contribution in [0.4, 0.5) is 5.69 Å². The van der Waals surface area contributed by atoms with Gasteiger partial charge in [-0.15, -0.1) is 0 Å². The average molecular weight is 250 g/mol. The van der Waals surface area contributed by atoms with Crippen molar-refractivity contribution in [1.82, 2.24) is 0 Å². The first kappa shape index (κ1) is 11.1. The summed E-state index contributed by atoms with van der Waals surface area (Å²) in [6.45, 7) is 0. The molecule has 0 radical (unpaired) electrons. The molecule has 3 rings (SSSR count). The van der Waals surface area contributed by atoms with Gasteiger partial charge in [0.15, 0.2) is 5.78 Å². The summed E-state index contributed by atoms with van der Waals surface area (Å²) < 4.78 is 0. The minimum Gasteiger partial charge on any atom is -0.289 e. The van der Waals surface area contributed by atoms with Crippen molar-refractivity contribution in [2.24, 2.45) is 0 Å². The van der Waals surface area contributed by atoms with E-state index in [1.54, 1.807) is 18.2 Å². The predicted octanol–water partition coefficient (Wildman–Crippen LogP) is 2.68. The lowest BCUT2D eigenvalue weighted by atomic mass is 10.0. The first-order chi connectivity index (χ1) is 9.13. The molecular weight excluding hydrogens is 244 g/mol. The normalized spacial score (nSPS) is 11.6. The lowest BCUT2D eigenvalue weighted by molar-refractivity contribution is -0.384. The number of nitrogens with zero attached hydrogens (tertiary/aromatic N) is 2. The fraction of sp³-hybridized carbons (Fsp3) is 0. The largest absolute Gasteiger partial charge is 0.289 e. The van der Waals surface area contributed by atoms with Gasteiger partial charge in [-0.05, 0) is 17.7 Å². The van der Waals surface area contributed by atoms with E-state index in [4.69, 9.17) is 5.26 Å². The molecule has 90 valence electrons. The van der Waals surface area contributed by atoms with Crippen molar-refractivity contribution in [1.29, 1.82) is 5.26 Å². The molecule has 2 aromatic carbocycles. The van der Waals surface area contributed by atoms with Crippen LogP contribution in [-0.4, -0.2) is 10.7 Å². The van der Waals surface area contributed by atoms with Gasteiger partial charge in [0.2, 0.25) is 0 Å². The minimum absolute atomic E-state index is 0.126. The van der Waals surface area contributed by atoms with Gasteiger partial charge in [-0.25, -0.2) is 0 Å². The Hall–Kier alpha value is -3.00. The van der Waals surface area contributed by atoms with E-state index in [1.165, 1.54) is 18.2 Å². The predicted molar refractivity (Wildman–Crippen MR) is 66.7 cm³/mol. The Bertz CT molecular complexity index is 788. The molecule has 1 aliphatic rings. The van der Waals surface area contributed by atoms with Crippen LogP contribution in [0.15, 0.2) is 36.4 Å². The van der Waals surface area contributed by atoms with Crippen molar-refractivity contribution in [3.05, 3.63) is 63.2 Å². The summed E-state index contributed by atoms with van der Waals surface area (Å²) in [5.41, 5.74) is 2.14. The summed E-state index contributed by atoms with van der Waals surface area (Å²) in [7, 11) is 0. The molecule has 2 aromatic rings. The zero-order valence-corrected chi connectivity index (χ0v) is 9.58. The van der Waals surface area contributed by atoms with E-state index < -0.39 is 4.92 Å². The van der Waals surface area contributed by atoms with Crippen LogP contribution in [0.25, 0.3) is 11.1 Å². The molecule has 0 unspecified atom stereocenters. The third-order valence-electron chi connectivity index (χ3n) is 3.16. The van der Waals surface area contributed by atoms with Gasteiger partial charge in [0.05, 0.1) is 16.6 Å². The molecule has 0 amide bonds. The summed E-state index contributed by atoms with van der Waals surface area (Å²) in [5.74, 6) is -0.272. The number of nitriles is 1. The molecule has 0 fully saturated rings. The Labute approximate surface area is 107 Å². The van der Waals surface area contributed by atoms with Crippen molar-refractivity contribution >= 4 is 11.5 Å². The summed E-state index contributed by atoms with van der Waals surface area (Å²) in [5, 5.41) is 19.8. The molecule has 0 saturated carbocycles. The highest BCUT2D eigenvalue weighted by Crippen LogP contribution is 2.40. The molecule has 5 nitrogen and oxygen atoms in total. The average Bonchev–Trinajstić information content (AvgIpc) is 2.72. The maximum absolute atomic E-state index is 12.2. The SMILES string of the molecule is N#Cc1cccc2c1-c1ccc([N+](=O)[O-])cc1C2=O. The van der Waals surface area contributed by atoms with Crippen molar-refractivity contribution in [2.75, 3.05) is 0 Å². The molecule has 5 heteroatoms. The quantitative estimate of drug-likeness (QED) is 0.491. The minimum atomic E-state index is -0.540. The Balaban J connectivity index is 2.33. The maximum Gasteiger partial charge on any atom is 0.270 e. The number of hydrogen-bond acceptors (Lipinski definition) is 4. The van der Waals surface area contributed by atoms with Gasteiger partial charge in [0.25, 0.3) is 5.69 Å². The lowest BCUT2D eigenvalue weighted by Crippen LogP contribution is -1.96. The van der Waals surface area contributed by atoms with Crippen LogP contribution < -0.4 is 0 Å². The van der Waals surface area contributed by atoms with Gasteiger partial charge < -0.3 is 0 Å². The maximum atomic E-state index is 12.2. The fourth-order valence-electron chi connectivity index (χ4n) is 2.32. The van der Waals surface area contributed by atoms with E-state index >= 15 is 0 Å². The van der Waals surface area contributed by atoms with Crippen molar-refractivity contribution in [3.8, 4) is 17.2 Å². The Kier molecular flexibility index (Phi) is 2.19. The zero-order chi connectivity index (χ0) is 13.6. The van der Waals surface area contributed by atoms with E-state index in [1.807, 2.05) is 6.07 Å². The van der Waals surface area contributed by atoms with Gasteiger partial charge >= 0.3 is 0 Å². The van der Waals surface area contributed by atoms with Crippen LogP contribution in [0.5, 0.6) is 0 Å². The van der Waals surface area contributed by atoms with E-state index in [9.17, 15) is 14.9 Å². The Morgan fingerprint density at radius 3 is 2.58 bits per heavy atom. The van der Waals surface area contributed by atoms with Crippen LogP contribution >= 0.6 is 0 Å². The van der Waals surface area contributed by atoms with Gasteiger partial charge in [-0.1, -0.05) is 12.1 Å². The van der Waals surface area contributed by atoms with Gasteiger partial charge in [0.1, 0.15) is 0 Å².